The third kappa shape index (κ3) is 3.16. The fourth-order valence-corrected chi connectivity index (χ4v) is 2.29. The molecule has 1 unspecified atom stereocenters. The molecule has 1 aliphatic heterocycles. The predicted octanol–water partition coefficient (Wildman–Crippen LogP) is 1.46. The first-order chi connectivity index (χ1) is 8.19. The molecule has 0 spiro atoms. The Morgan fingerprint density at radius 1 is 1.41 bits per heavy atom. The highest BCUT2D eigenvalue weighted by Gasteiger charge is 2.22. The Morgan fingerprint density at radius 3 is 2.65 bits per heavy atom. The lowest BCUT2D eigenvalue weighted by Gasteiger charge is -2.16. The summed E-state index contributed by atoms with van der Waals surface area (Å²) >= 11 is 0. The summed E-state index contributed by atoms with van der Waals surface area (Å²) in [7, 11) is 0. The monoisotopic (exact) mass is 234 g/mol. The minimum Gasteiger partial charge on any atom is -0.340 e. The van der Waals surface area contributed by atoms with Gasteiger partial charge in [-0.05, 0) is 36.8 Å². The van der Waals surface area contributed by atoms with Gasteiger partial charge in [0.05, 0.1) is 0 Å². The van der Waals surface area contributed by atoms with E-state index in [-0.39, 0.29) is 0 Å². The van der Waals surface area contributed by atoms with E-state index in [0.717, 1.165) is 38.4 Å². The van der Waals surface area contributed by atoms with Gasteiger partial charge in [-0.2, -0.15) is 0 Å². The van der Waals surface area contributed by atoms with Gasteiger partial charge in [-0.1, -0.05) is 13.8 Å². The molecular weight excluding hydrogens is 212 g/mol. The molecule has 2 rings (SSSR count). The van der Waals surface area contributed by atoms with Gasteiger partial charge in [-0.3, -0.25) is 0 Å². The number of anilines is 1. The molecule has 4 heteroatoms. The van der Waals surface area contributed by atoms with Crippen LogP contribution in [0.15, 0.2) is 12.4 Å². The van der Waals surface area contributed by atoms with Crippen LogP contribution in [-0.2, 0) is 6.42 Å². The van der Waals surface area contributed by atoms with Crippen molar-refractivity contribution in [2.45, 2.75) is 26.7 Å². The molecule has 1 aliphatic rings. The van der Waals surface area contributed by atoms with Crippen LogP contribution in [0.1, 0.15) is 25.8 Å². The maximum absolute atomic E-state index is 5.69. The van der Waals surface area contributed by atoms with Crippen molar-refractivity contribution in [1.82, 2.24) is 9.97 Å². The van der Waals surface area contributed by atoms with Gasteiger partial charge in [0.25, 0.3) is 0 Å². The molecule has 0 bridgehead atoms. The second-order valence-corrected chi connectivity index (χ2v) is 5.33. The molecule has 17 heavy (non-hydrogen) atoms. The van der Waals surface area contributed by atoms with Crippen molar-refractivity contribution in [3.63, 3.8) is 0 Å². The molecule has 1 saturated heterocycles. The zero-order valence-electron chi connectivity index (χ0n) is 10.8. The molecule has 2 heterocycles. The number of hydrogen-bond donors (Lipinski definition) is 1. The maximum atomic E-state index is 5.69. The van der Waals surface area contributed by atoms with Gasteiger partial charge >= 0.3 is 0 Å². The van der Waals surface area contributed by atoms with Crippen LogP contribution in [0.4, 0.5) is 5.95 Å². The number of nitrogens with two attached hydrogens (primary N) is 1. The molecule has 1 atom stereocenters. The Bertz CT molecular complexity index is 347. The van der Waals surface area contributed by atoms with Gasteiger partial charge in [0.15, 0.2) is 0 Å². The van der Waals surface area contributed by atoms with E-state index >= 15 is 0 Å². The van der Waals surface area contributed by atoms with Crippen LogP contribution >= 0.6 is 0 Å². The number of aromatic nitrogens is 2. The Morgan fingerprint density at radius 2 is 2.12 bits per heavy atom. The summed E-state index contributed by atoms with van der Waals surface area (Å²) in [5, 5.41) is 0. The van der Waals surface area contributed by atoms with Crippen LogP contribution in [0.25, 0.3) is 0 Å². The molecule has 2 N–H and O–H groups in total. The Labute approximate surface area is 103 Å². The van der Waals surface area contributed by atoms with E-state index in [1.54, 1.807) is 0 Å². The van der Waals surface area contributed by atoms with E-state index in [1.165, 1.54) is 5.56 Å². The first-order valence-electron chi connectivity index (χ1n) is 6.45. The van der Waals surface area contributed by atoms with Gasteiger partial charge in [-0.25, -0.2) is 9.97 Å². The standard InChI is InChI=1S/C13H22N4/c1-10(2)5-12-7-15-13(16-8-12)17-4-3-11(6-14)9-17/h7-8,10-11H,3-6,9,14H2,1-2H3. The lowest BCUT2D eigenvalue weighted by atomic mass is 10.1. The average Bonchev–Trinajstić information content (AvgIpc) is 2.78. The van der Waals surface area contributed by atoms with E-state index in [1.807, 2.05) is 12.4 Å². The van der Waals surface area contributed by atoms with Gasteiger partial charge in [0.2, 0.25) is 5.95 Å². The minimum absolute atomic E-state index is 0.606. The van der Waals surface area contributed by atoms with E-state index < -0.39 is 0 Å². The Balaban J connectivity index is 1.98. The van der Waals surface area contributed by atoms with Crippen LogP contribution in [0, 0.1) is 11.8 Å². The highest BCUT2D eigenvalue weighted by atomic mass is 15.3. The van der Waals surface area contributed by atoms with Crippen molar-refractivity contribution in [3.8, 4) is 0 Å². The van der Waals surface area contributed by atoms with Gasteiger partial charge in [-0.15, -0.1) is 0 Å². The highest BCUT2D eigenvalue weighted by molar-refractivity contribution is 5.31. The molecule has 0 radical (unpaired) electrons. The van der Waals surface area contributed by atoms with Gasteiger partial charge in [0.1, 0.15) is 0 Å². The van der Waals surface area contributed by atoms with Crippen LogP contribution in [-0.4, -0.2) is 29.6 Å². The molecular formula is C13H22N4. The topological polar surface area (TPSA) is 55.0 Å². The molecule has 0 saturated carbocycles. The van der Waals surface area contributed by atoms with E-state index in [2.05, 4.69) is 28.7 Å². The molecule has 4 nitrogen and oxygen atoms in total. The second kappa shape index (κ2) is 5.45. The zero-order valence-corrected chi connectivity index (χ0v) is 10.8. The van der Waals surface area contributed by atoms with Crippen LogP contribution in [0.3, 0.4) is 0 Å². The van der Waals surface area contributed by atoms with E-state index in [9.17, 15) is 0 Å². The van der Waals surface area contributed by atoms with Crippen molar-refractivity contribution in [2.75, 3.05) is 24.5 Å². The molecule has 94 valence electrons. The zero-order chi connectivity index (χ0) is 12.3. The predicted molar refractivity (Wildman–Crippen MR) is 69.9 cm³/mol. The summed E-state index contributed by atoms with van der Waals surface area (Å²) in [5.74, 6) is 2.11. The largest absolute Gasteiger partial charge is 0.340 e. The van der Waals surface area contributed by atoms with Crippen molar-refractivity contribution in [3.05, 3.63) is 18.0 Å². The molecule has 0 aliphatic carbocycles. The first kappa shape index (κ1) is 12.3. The van der Waals surface area contributed by atoms with Crippen molar-refractivity contribution in [2.24, 2.45) is 17.6 Å². The molecule has 0 amide bonds. The molecule has 1 fully saturated rings. The Kier molecular flexibility index (Phi) is 3.94. The maximum Gasteiger partial charge on any atom is 0.225 e. The van der Waals surface area contributed by atoms with Crippen LogP contribution in [0.5, 0.6) is 0 Å². The average molecular weight is 234 g/mol. The number of rotatable bonds is 4. The SMILES string of the molecule is CC(C)Cc1cnc(N2CCC(CN)C2)nc1. The normalized spacial score (nSPS) is 20.2. The fraction of sp³-hybridized carbons (Fsp3) is 0.692. The first-order valence-corrected chi connectivity index (χ1v) is 6.45. The smallest absolute Gasteiger partial charge is 0.225 e. The van der Waals surface area contributed by atoms with Crippen molar-refractivity contribution in [1.29, 1.82) is 0 Å². The highest BCUT2D eigenvalue weighted by Crippen LogP contribution is 2.19. The number of hydrogen-bond acceptors (Lipinski definition) is 4. The summed E-state index contributed by atoms with van der Waals surface area (Å²) in [6.45, 7) is 7.22. The second-order valence-electron chi connectivity index (χ2n) is 5.33. The fourth-order valence-electron chi connectivity index (χ4n) is 2.29. The van der Waals surface area contributed by atoms with E-state index in [4.69, 9.17) is 5.73 Å². The van der Waals surface area contributed by atoms with Gasteiger partial charge in [0, 0.05) is 25.5 Å². The summed E-state index contributed by atoms with van der Waals surface area (Å²) < 4.78 is 0. The van der Waals surface area contributed by atoms with Crippen molar-refractivity contribution < 1.29 is 0 Å². The van der Waals surface area contributed by atoms with Gasteiger partial charge < -0.3 is 10.6 Å². The quantitative estimate of drug-likeness (QED) is 0.857. The van der Waals surface area contributed by atoms with Crippen LogP contribution in [0.2, 0.25) is 0 Å². The summed E-state index contributed by atoms with van der Waals surface area (Å²) in [5.41, 5.74) is 6.91. The number of nitrogens with zero attached hydrogens (tertiary/aromatic N) is 3. The molecule has 0 aromatic carbocycles. The lowest BCUT2D eigenvalue weighted by molar-refractivity contribution is 0.601. The molecule has 1 aromatic rings. The third-order valence-corrected chi connectivity index (χ3v) is 3.24. The minimum atomic E-state index is 0.606. The summed E-state index contributed by atoms with van der Waals surface area (Å²) in [6.07, 6.45) is 6.12. The Hall–Kier alpha value is -1.16. The molecule has 1 aromatic heterocycles. The summed E-state index contributed by atoms with van der Waals surface area (Å²) in [6, 6.07) is 0. The lowest BCUT2D eigenvalue weighted by Crippen LogP contribution is -2.24. The summed E-state index contributed by atoms with van der Waals surface area (Å²) in [4.78, 5) is 11.1. The van der Waals surface area contributed by atoms with E-state index in [0.29, 0.717) is 11.8 Å². The van der Waals surface area contributed by atoms with Crippen LogP contribution < -0.4 is 10.6 Å². The van der Waals surface area contributed by atoms with Crippen molar-refractivity contribution >= 4 is 5.95 Å². The third-order valence-electron chi connectivity index (χ3n) is 3.24.